The van der Waals surface area contributed by atoms with E-state index in [0.717, 1.165) is 5.69 Å². The van der Waals surface area contributed by atoms with Crippen molar-refractivity contribution >= 4 is 34.0 Å². The van der Waals surface area contributed by atoms with Crippen LogP contribution in [-0.4, -0.2) is 26.1 Å². The summed E-state index contributed by atoms with van der Waals surface area (Å²) in [5.74, 6) is 0.226. The van der Waals surface area contributed by atoms with Crippen LogP contribution in [0.4, 0.5) is 16.8 Å². The number of anilines is 3. The van der Waals surface area contributed by atoms with Gasteiger partial charge in [-0.1, -0.05) is 17.4 Å². The number of nitrogens with zero attached hydrogens (tertiary/aromatic N) is 4. The van der Waals surface area contributed by atoms with Gasteiger partial charge in [-0.3, -0.25) is 10.1 Å². The fraction of sp³-hybridized carbons (Fsp3) is 0. The van der Waals surface area contributed by atoms with Crippen molar-refractivity contribution in [3.8, 4) is 0 Å². The van der Waals surface area contributed by atoms with Crippen molar-refractivity contribution in [2.45, 2.75) is 0 Å². The highest BCUT2D eigenvalue weighted by Gasteiger charge is 2.08. The van der Waals surface area contributed by atoms with Crippen LogP contribution in [0, 0.1) is 0 Å². The molecule has 2 heterocycles. The van der Waals surface area contributed by atoms with E-state index in [9.17, 15) is 4.79 Å². The maximum atomic E-state index is 12.1. The highest BCUT2D eigenvalue weighted by molar-refractivity contribution is 7.13. The summed E-state index contributed by atoms with van der Waals surface area (Å²) in [7, 11) is 0. The first-order chi connectivity index (χ1) is 10.3. The molecule has 21 heavy (non-hydrogen) atoms. The highest BCUT2D eigenvalue weighted by Crippen LogP contribution is 2.16. The van der Waals surface area contributed by atoms with Crippen molar-refractivity contribution in [3.63, 3.8) is 0 Å². The zero-order valence-corrected chi connectivity index (χ0v) is 11.5. The summed E-state index contributed by atoms with van der Waals surface area (Å²) in [5.41, 5.74) is 2.79. The van der Waals surface area contributed by atoms with Gasteiger partial charge in [0.05, 0.1) is 0 Å². The molecule has 0 bridgehead atoms. The third-order valence-corrected chi connectivity index (χ3v) is 3.13. The lowest BCUT2D eigenvalue weighted by Crippen LogP contribution is -2.12. The van der Waals surface area contributed by atoms with E-state index in [1.54, 1.807) is 42.2 Å². The topological polar surface area (TPSA) is 92.7 Å². The Labute approximate surface area is 124 Å². The van der Waals surface area contributed by atoms with Crippen LogP contribution < -0.4 is 10.6 Å². The second kappa shape index (κ2) is 6.06. The lowest BCUT2D eigenvalue weighted by molar-refractivity contribution is 0.102. The van der Waals surface area contributed by atoms with Crippen molar-refractivity contribution in [2.24, 2.45) is 0 Å². The first-order valence-electron chi connectivity index (χ1n) is 6.03. The smallest absolute Gasteiger partial charge is 0.257 e. The molecule has 0 fully saturated rings. The van der Waals surface area contributed by atoms with E-state index >= 15 is 0 Å². The normalized spacial score (nSPS) is 10.1. The molecule has 1 aromatic carbocycles. The molecule has 0 saturated heterocycles. The molecule has 0 spiro atoms. The molecule has 0 atom stereocenters. The fourth-order valence-corrected chi connectivity index (χ4v) is 2.07. The van der Waals surface area contributed by atoms with E-state index in [4.69, 9.17) is 0 Å². The predicted molar refractivity (Wildman–Crippen MR) is 79.6 cm³/mol. The lowest BCUT2D eigenvalue weighted by Gasteiger charge is -2.06. The van der Waals surface area contributed by atoms with E-state index in [0.29, 0.717) is 16.6 Å². The van der Waals surface area contributed by atoms with E-state index in [1.807, 2.05) is 6.07 Å². The Morgan fingerprint density at radius 2 is 2.00 bits per heavy atom. The van der Waals surface area contributed by atoms with Gasteiger partial charge in [-0.25, -0.2) is 9.97 Å². The Balaban J connectivity index is 1.75. The largest absolute Gasteiger partial charge is 0.324 e. The molecule has 2 aromatic heterocycles. The summed E-state index contributed by atoms with van der Waals surface area (Å²) in [4.78, 5) is 20.2. The molecule has 8 heteroatoms. The molecule has 0 aliphatic rings. The molecule has 3 aromatic rings. The van der Waals surface area contributed by atoms with Crippen molar-refractivity contribution in [1.29, 1.82) is 0 Å². The van der Waals surface area contributed by atoms with E-state index in [1.165, 1.54) is 11.3 Å². The SMILES string of the molecule is O=C(Nc1nncs1)c1cccc(Nc2ncccn2)c1. The molecule has 1 amide bonds. The van der Waals surface area contributed by atoms with Gasteiger partial charge in [-0.2, -0.15) is 0 Å². The molecule has 0 unspecified atom stereocenters. The maximum absolute atomic E-state index is 12.1. The minimum Gasteiger partial charge on any atom is -0.324 e. The van der Waals surface area contributed by atoms with Crippen LogP contribution in [0.3, 0.4) is 0 Å². The second-order valence-corrected chi connectivity index (χ2v) is 4.81. The summed E-state index contributed by atoms with van der Waals surface area (Å²) < 4.78 is 0. The zero-order chi connectivity index (χ0) is 14.5. The average molecular weight is 298 g/mol. The number of carbonyl (C=O) groups excluding carboxylic acids is 1. The summed E-state index contributed by atoms with van der Waals surface area (Å²) >= 11 is 1.26. The molecule has 0 aliphatic carbocycles. The Kier molecular flexibility index (Phi) is 3.79. The Morgan fingerprint density at radius 3 is 2.76 bits per heavy atom. The van der Waals surface area contributed by atoms with Gasteiger partial charge < -0.3 is 5.32 Å². The second-order valence-electron chi connectivity index (χ2n) is 3.98. The van der Waals surface area contributed by atoms with Crippen LogP contribution in [0.15, 0.2) is 48.2 Å². The monoisotopic (exact) mass is 298 g/mol. The van der Waals surface area contributed by atoms with E-state index < -0.39 is 0 Å². The number of aromatic nitrogens is 4. The third kappa shape index (κ3) is 3.37. The standard InChI is InChI=1S/C13H10N6OS/c20-11(18-13-19-16-8-21-13)9-3-1-4-10(7-9)17-12-14-5-2-6-15-12/h1-8H,(H,14,15,17)(H,18,19,20). The first kappa shape index (κ1) is 13.1. The summed E-state index contributed by atoms with van der Waals surface area (Å²) in [5, 5.41) is 13.6. The third-order valence-electron chi connectivity index (χ3n) is 2.53. The molecule has 0 radical (unpaired) electrons. The lowest BCUT2D eigenvalue weighted by atomic mass is 10.2. The number of carbonyl (C=O) groups is 1. The van der Waals surface area contributed by atoms with Crippen molar-refractivity contribution in [1.82, 2.24) is 20.2 Å². The van der Waals surface area contributed by atoms with E-state index in [-0.39, 0.29) is 5.91 Å². The van der Waals surface area contributed by atoms with Crippen molar-refractivity contribution in [3.05, 3.63) is 53.8 Å². The Bertz CT molecular complexity index is 731. The van der Waals surface area contributed by atoms with Gasteiger partial charge in [0, 0.05) is 23.6 Å². The van der Waals surface area contributed by atoms with Gasteiger partial charge in [-0.15, -0.1) is 10.2 Å². The summed E-state index contributed by atoms with van der Waals surface area (Å²) in [6, 6.07) is 8.77. The Hall–Kier alpha value is -2.87. The number of hydrogen-bond acceptors (Lipinski definition) is 7. The molecule has 0 saturated carbocycles. The van der Waals surface area contributed by atoms with Crippen LogP contribution >= 0.6 is 11.3 Å². The average Bonchev–Trinajstić information content (AvgIpc) is 3.01. The van der Waals surface area contributed by atoms with Crippen molar-refractivity contribution in [2.75, 3.05) is 10.6 Å². The van der Waals surface area contributed by atoms with Crippen LogP contribution in [0.25, 0.3) is 0 Å². The van der Waals surface area contributed by atoms with Gasteiger partial charge in [0.1, 0.15) is 5.51 Å². The van der Waals surface area contributed by atoms with Crippen molar-refractivity contribution < 1.29 is 4.79 Å². The first-order valence-corrected chi connectivity index (χ1v) is 6.91. The molecule has 2 N–H and O–H groups in total. The molecule has 104 valence electrons. The minimum absolute atomic E-state index is 0.246. The highest BCUT2D eigenvalue weighted by atomic mass is 32.1. The molecular weight excluding hydrogens is 288 g/mol. The predicted octanol–water partition coefficient (Wildman–Crippen LogP) is 2.32. The minimum atomic E-state index is -0.246. The molecule has 3 rings (SSSR count). The number of benzene rings is 1. The maximum Gasteiger partial charge on any atom is 0.257 e. The van der Waals surface area contributed by atoms with Gasteiger partial charge in [-0.05, 0) is 24.3 Å². The van der Waals surface area contributed by atoms with Crippen LogP contribution in [0.2, 0.25) is 0 Å². The summed E-state index contributed by atoms with van der Waals surface area (Å²) in [6.45, 7) is 0. The zero-order valence-electron chi connectivity index (χ0n) is 10.7. The molecule has 0 aliphatic heterocycles. The van der Waals surface area contributed by atoms with Gasteiger partial charge in [0.2, 0.25) is 11.1 Å². The van der Waals surface area contributed by atoms with Gasteiger partial charge in [0.15, 0.2) is 0 Å². The van der Waals surface area contributed by atoms with Crippen LogP contribution in [0.1, 0.15) is 10.4 Å². The molecule has 7 nitrogen and oxygen atoms in total. The van der Waals surface area contributed by atoms with Crippen LogP contribution in [-0.2, 0) is 0 Å². The van der Waals surface area contributed by atoms with Crippen LogP contribution in [0.5, 0.6) is 0 Å². The van der Waals surface area contributed by atoms with Gasteiger partial charge in [0.25, 0.3) is 5.91 Å². The summed E-state index contributed by atoms with van der Waals surface area (Å²) in [6.07, 6.45) is 3.28. The quantitative estimate of drug-likeness (QED) is 0.768. The number of hydrogen-bond donors (Lipinski definition) is 2. The number of nitrogens with one attached hydrogen (secondary N) is 2. The Morgan fingerprint density at radius 1 is 1.14 bits per heavy atom. The fourth-order valence-electron chi connectivity index (χ4n) is 1.63. The van der Waals surface area contributed by atoms with Gasteiger partial charge >= 0.3 is 0 Å². The van der Waals surface area contributed by atoms with E-state index in [2.05, 4.69) is 30.8 Å². The number of amides is 1. The molecular formula is C13H10N6OS. The number of rotatable bonds is 4.